The first-order valence-electron chi connectivity index (χ1n) is 6.79. The van der Waals surface area contributed by atoms with Gasteiger partial charge in [0.25, 0.3) is 0 Å². The Morgan fingerprint density at radius 2 is 1.94 bits per heavy atom. The number of anilines is 1. The zero-order valence-electron chi connectivity index (χ0n) is 11.4. The molecule has 0 aromatic heterocycles. The van der Waals surface area contributed by atoms with Crippen LogP contribution in [0.2, 0.25) is 0 Å². The summed E-state index contributed by atoms with van der Waals surface area (Å²) >= 11 is 0. The number of hydrogen-bond donors (Lipinski definition) is 2. The van der Waals surface area contributed by atoms with E-state index in [0.717, 1.165) is 24.9 Å². The standard InChI is InChI=1S/C15H24N2O/c1-3-12-4-8-14(9-5-12)17(2)10-15(16,11-18)13-6-7-13/h4-5,8-9,13,18H,3,6-7,10-11,16H2,1-2H3. The van der Waals surface area contributed by atoms with E-state index in [2.05, 4.69) is 36.1 Å². The minimum absolute atomic E-state index is 0.0645. The van der Waals surface area contributed by atoms with Gasteiger partial charge in [-0.25, -0.2) is 0 Å². The fraction of sp³-hybridized carbons (Fsp3) is 0.600. The van der Waals surface area contributed by atoms with Gasteiger partial charge in [0, 0.05) is 19.3 Å². The summed E-state index contributed by atoms with van der Waals surface area (Å²) in [6, 6.07) is 8.56. The summed E-state index contributed by atoms with van der Waals surface area (Å²) in [6.45, 7) is 2.93. The second-order valence-corrected chi connectivity index (χ2v) is 5.54. The summed E-state index contributed by atoms with van der Waals surface area (Å²) in [5.74, 6) is 0.486. The lowest BCUT2D eigenvalue weighted by Gasteiger charge is -2.33. The Labute approximate surface area is 110 Å². The largest absolute Gasteiger partial charge is 0.394 e. The number of hydrogen-bond acceptors (Lipinski definition) is 3. The second-order valence-electron chi connectivity index (χ2n) is 5.54. The van der Waals surface area contributed by atoms with Crippen LogP contribution in [0.15, 0.2) is 24.3 Å². The minimum atomic E-state index is -0.446. The summed E-state index contributed by atoms with van der Waals surface area (Å²) in [5, 5.41) is 9.52. The zero-order valence-corrected chi connectivity index (χ0v) is 11.4. The number of nitrogens with two attached hydrogens (primary N) is 1. The highest BCUT2D eigenvalue weighted by molar-refractivity contribution is 5.47. The molecule has 1 fully saturated rings. The molecule has 0 saturated heterocycles. The van der Waals surface area contributed by atoms with E-state index >= 15 is 0 Å². The molecule has 3 heteroatoms. The molecular weight excluding hydrogens is 224 g/mol. The van der Waals surface area contributed by atoms with Crippen LogP contribution in [0.3, 0.4) is 0 Å². The van der Waals surface area contributed by atoms with E-state index in [4.69, 9.17) is 5.73 Å². The smallest absolute Gasteiger partial charge is 0.0631 e. The number of likely N-dealkylation sites (N-methyl/N-ethyl adjacent to an activating group) is 1. The van der Waals surface area contributed by atoms with E-state index in [1.165, 1.54) is 5.56 Å². The van der Waals surface area contributed by atoms with Crippen molar-refractivity contribution in [3.05, 3.63) is 29.8 Å². The van der Waals surface area contributed by atoms with Gasteiger partial charge in [0.15, 0.2) is 0 Å². The predicted octanol–water partition coefficient (Wildman–Crippen LogP) is 1.78. The highest BCUT2D eigenvalue weighted by Crippen LogP contribution is 2.38. The molecule has 1 saturated carbocycles. The monoisotopic (exact) mass is 248 g/mol. The van der Waals surface area contributed by atoms with Gasteiger partial charge in [0.05, 0.1) is 12.1 Å². The van der Waals surface area contributed by atoms with Gasteiger partial charge in [-0.3, -0.25) is 0 Å². The number of benzene rings is 1. The quantitative estimate of drug-likeness (QED) is 0.807. The lowest BCUT2D eigenvalue weighted by Crippen LogP contribution is -2.54. The summed E-state index contributed by atoms with van der Waals surface area (Å²) in [5.41, 5.74) is 8.37. The fourth-order valence-electron chi connectivity index (χ4n) is 2.49. The van der Waals surface area contributed by atoms with Crippen LogP contribution in [0.1, 0.15) is 25.3 Å². The normalized spacial score (nSPS) is 18.4. The Hall–Kier alpha value is -1.06. The van der Waals surface area contributed by atoms with Crippen LogP contribution < -0.4 is 10.6 Å². The molecule has 100 valence electrons. The van der Waals surface area contributed by atoms with Crippen molar-refractivity contribution in [2.75, 3.05) is 25.1 Å². The molecule has 0 amide bonds. The van der Waals surface area contributed by atoms with Crippen molar-refractivity contribution in [3.8, 4) is 0 Å². The summed E-state index contributed by atoms with van der Waals surface area (Å²) in [6.07, 6.45) is 3.36. The van der Waals surface area contributed by atoms with Gasteiger partial charge < -0.3 is 15.7 Å². The fourth-order valence-corrected chi connectivity index (χ4v) is 2.49. The molecule has 1 aromatic carbocycles. The van der Waals surface area contributed by atoms with Gasteiger partial charge >= 0.3 is 0 Å². The molecule has 1 aliphatic rings. The maximum Gasteiger partial charge on any atom is 0.0631 e. The molecule has 0 heterocycles. The molecule has 18 heavy (non-hydrogen) atoms. The van der Waals surface area contributed by atoms with Gasteiger partial charge in [0.2, 0.25) is 0 Å². The second kappa shape index (κ2) is 5.29. The Morgan fingerprint density at radius 1 is 1.33 bits per heavy atom. The van der Waals surface area contributed by atoms with Crippen molar-refractivity contribution in [1.29, 1.82) is 0 Å². The highest BCUT2D eigenvalue weighted by Gasteiger charge is 2.42. The van der Waals surface area contributed by atoms with E-state index in [9.17, 15) is 5.11 Å². The number of aliphatic hydroxyl groups excluding tert-OH is 1. The van der Waals surface area contributed by atoms with Crippen molar-refractivity contribution >= 4 is 5.69 Å². The number of nitrogens with zero attached hydrogens (tertiary/aromatic N) is 1. The first-order valence-corrected chi connectivity index (χ1v) is 6.79. The first kappa shape index (κ1) is 13.4. The average Bonchev–Trinajstić information content (AvgIpc) is 3.23. The molecule has 0 aliphatic heterocycles. The van der Waals surface area contributed by atoms with E-state index in [-0.39, 0.29) is 6.61 Å². The van der Waals surface area contributed by atoms with E-state index < -0.39 is 5.54 Å². The Balaban J connectivity index is 2.03. The van der Waals surface area contributed by atoms with Crippen LogP contribution >= 0.6 is 0 Å². The number of rotatable bonds is 6. The molecule has 3 nitrogen and oxygen atoms in total. The van der Waals surface area contributed by atoms with E-state index in [1.807, 2.05) is 7.05 Å². The van der Waals surface area contributed by atoms with Crippen molar-refractivity contribution < 1.29 is 5.11 Å². The van der Waals surface area contributed by atoms with Crippen LogP contribution in [0.5, 0.6) is 0 Å². The highest BCUT2D eigenvalue weighted by atomic mass is 16.3. The number of aliphatic hydroxyl groups is 1. The molecular formula is C15H24N2O. The molecule has 0 bridgehead atoms. The van der Waals surface area contributed by atoms with Crippen LogP contribution in [-0.2, 0) is 6.42 Å². The third-order valence-corrected chi connectivity index (χ3v) is 4.00. The van der Waals surface area contributed by atoms with E-state index in [0.29, 0.717) is 12.5 Å². The molecule has 0 radical (unpaired) electrons. The van der Waals surface area contributed by atoms with Gasteiger partial charge in [-0.2, -0.15) is 0 Å². The maximum atomic E-state index is 9.52. The SMILES string of the molecule is CCc1ccc(N(C)CC(N)(CO)C2CC2)cc1. The Bertz CT molecular complexity index is 386. The Morgan fingerprint density at radius 3 is 2.39 bits per heavy atom. The van der Waals surface area contributed by atoms with Gasteiger partial charge in [0.1, 0.15) is 0 Å². The topological polar surface area (TPSA) is 49.5 Å². The Kier molecular flexibility index (Phi) is 3.93. The summed E-state index contributed by atoms with van der Waals surface area (Å²) < 4.78 is 0. The molecule has 1 aromatic rings. The molecule has 1 aliphatic carbocycles. The molecule has 0 spiro atoms. The zero-order chi connectivity index (χ0) is 13.2. The third-order valence-electron chi connectivity index (χ3n) is 4.00. The van der Waals surface area contributed by atoms with Crippen molar-refractivity contribution in [3.63, 3.8) is 0 Å². The van der Waals surface area contributed by atoms with Crippen LogP contribution in [0.25, 0.3) is 0 Å². The maximum absolute atomic E-state index is 9.52. The van der Waals surface area contributed by atoms with E-state index in [1.54, 1.807) is 0 Å². The third kappa shape index (κ3) is 2.85. The van der Waals surface area contributed by atoms with Gasteiger partial charge in [-0.15, -0.1) is 0 Å². The molecule has 3 N–H and O–H groups in total. The molecule has 1 atom stereocenters. The van der Waals surface area contributed by atoms with Crippen LogP contribution in [-0.4, -0.2) is 30.8 Å². The first-order chi connectivity index (χ1) is 8.59. The predicted molar refractivity (Wildman–Crippen MR) is 75.8 cm³/mol. The van der Waals surface area contributed by atoms with Crippen molar-refractivity contribution in [2.45, 2.75) is 31.7 Å². The van der Waals surface area contributed by atoms with Gasteiger partial charge in [-0.05, 0) is 42.9 Å². The summed E-state index contributed by atoms with van der Waals surface area (Å²) in [7, 11) is 2.04. The van der Waals surface area contributed by atoms with Gasteiger partial charge in [-0.1, -0.05) is 19.1 Å². The molecule has 1 unspecified atom stereocenters. The van der Waals surface area contributed by atoms with Crippen molar-refractivity contribution in [1.82, 2.24) is 0 Å². The minimum Gasteiger partial charge on any atom is -0.394 e. The lowest BCUT2D eigenvalue weighted by atomic mass is 9.95. The van der Waals surface area contributed by atoms with Crippen LogP contribution in [0.4, 0.5) is 5.69 Å². The van der Waals surface area contributed by atoms with Crippen molar-refractivity contribution in [2.24, 2.45) is 11.7 Å². The number of aryl methyl sites for hydroxylation is 1. The summed E-state index contributed by atoms with van der Waals surface area (Å²) in [4.78, 5) is 2.15. The average molecular weight is 248 g/mol. The molecule has 2 rings (SSSR count). The van der Waals surface area contributed by atoms with Crippen LogP contribution in [0, 0.1) is 5.92 Å². The lowest BCUT2D eigenvalue weighted by molar-refractivity contribution is 0.181.